The Hall–Kier alpha value is -2.86. The van der Waals surface area contributed by atoms with Crippen LogP contribution in [0.1, 0.15) is 22.5 Å². The van der Waals surface area contributed by atoms with Crippen LogP contribution in [0, 0.1) is 0 Å². The fraction of sp³-hybridized carbons (Fsp3) is 0.118. The van der Waals surface area contributed by atoms with Crippen LogP contribution >= 0.6 is 11.6 Å². The Balaban J connectivity index is 1.84. The molecule has 0 saturated carbocycles. The fourth-order valence-corrected chi connectivity index (χ4v) is 2.98. The van der Waals surface area contributed by atoms with Crippen LogP contribution in [0.2, 0.25) is 5.02 Å². The number of nitrogens with one attached hydrogen (secondary N) is 3. The number of halogens is 1. The summed E-state index contributed by atoms with van der Waals surface area (Å²) in [6, 6.07) is 9.18. The summed E-state index contributed by atoms with van der Waals surface area (Å²) in [6.45, 7) is 0.528. The van der Waals surface area contributed by atoms with Gasteiger partial charge in [0.15, 0.2) is 0 Å². The lowest BCUT2D eigenvalue weighted by atomic mass is 10.0. The molecule has 6 nitrogen and oxygen atoms in total. The van der Waals surface area contributed by atoms with Gasteiger partial charge >= 0.3 is 0 Å². The molecule has 1 aliphatic rings. The summed E-state index contributed by atoms with van der Waals surface area (Å²) < 4.78 is 0. The van der Waals surface area contributed by atoms with Crippen molar-refractivity contribution in [3.05, 3.63) is 59.0 Å². The summed E-state index contributed by atoms with van der Waals surface area (Å²) >= 11 is 6.14. The predicted octanol–water partition coefficient (Wildman–Crippen LogP) is 3.17. The average Bonchev–Trinajstić information content (AvgIpc) is 2.89. The largest absolute Gasteiger partial charge is 0.350 e. The minimum absolute atomic E-state index is 0.133. The first kappa shape index (κ1) is 14.7. The standard InChI is InChI=1S/C17H14ClN5O/c18-10-1-2-13-12(9-10)15-14(5-8-20-17(24)16(15)21-13)23-22-11-3-6-19-7-4-11/h1-4,6-7,9,21H,5,8H2,(H,19,22)(H,20,24)/b23-14-. The molecular weight excluding hydrogens is 326 g/mol. The van der Waals surface area contributed by atoms with Crippen LogP contribution in [0.25, 0.3) is 10.9 Å². The smallest absolute Gasteiger partial charge is 0.268 e. The zero-order chi connectivity index (χ0) is 16.5. The maximum atomic E-state index is 12.3. The number of anilines is 1. The van der Waals surface area contributed by atoms with E-state index in [0.717, 1.165) is 27.9 Å². The van der Waals surface area contributed by atoms with Gasteiger partial charge < -0.3 is 10.3 Å². The van der Waals surface area contributed by atoms with E-state index in [-0.39, 0.29) is 5.91 Å². The third kappa shape index (κ3) is 2.61. The van der Waals surface area contributed by atoms with Gasteiger partial charge in [0.1, 0.15) is 5.69 Å². The molecule has 4 rings (SSSR count). The van der Waals surface area contributed by atoms with Crippen molar-refractivity contribution in [2.75, 3.05) is 12.0 Å². The van der Waals surface area contributed by atoms with Crippen molar-refractivity contribution in [3.8, 4) is 0 Å². The van der Waals surface area contributed by atoms with E-state index >= 15 is 0 Å². The van der Waals surface area contributed by atoms with Crippen LogP contribution in [0.4, 0.5) is 5.69 Å². The minimum Gasteiger partial charge on any atom is -0.350 e. The van der Waals surface area contributed by atoms with Crippen molar-refractivity contribution >= 4 is 39.8 Å². The number of aromatic nitrogens is 2. The highest BCUT2D eigenvalue weighted by Gasteiger charge is 2.25. The zero-order valence-corrected chi connectivity index (χ0v) is 13.4. The number of carbonyl (C=O) groups excluding carboxylic acids is 1. The van der Waals surface area contributed by atoms with Crippen molar-refractivity contribution < 1.29 is 4.79 Å². The van der Waals surface area contributed by atoms with Crippen molar-refractivity contribution in [1.29, 1.82) is 0 Å². The number of benzene rings is 1. The Morgan fingerprint density at radius 3 is 2.88 bits per heavy atom. The van der Waals surface area contributed by atoms with Gasteiger partial charge in [-0.25, -0.2) is 0 Å². The molecule has 3 N–H and O–H groups in total. The lowest BCUT2D eigenvalue weighted by molar-refractivity contribution is 0.0952. The maximum absolute atomic E-state index is 12.3. The second kappa shape index (κ2) is 5.98. The van der Waals surface area contributed by atoms with Crippen LogP contribution in [0.15, 0.2) is 47.8 Å². The van der Waals surface area contributed by atoms with Crippen molar-refractivity contribution in [1.82, 2.24) is 15.3 Å². The lowest BCUT2D eigenvalue weighted by Gasteiger charge is -2.06. The van der Waals surface area contributed by atoms with Crippen LogP contribution in [0.3, 0.4) is 0 Å². The number of fused-ring (bicyclic) bond motifs is 3. The van der Waals surface area contributed by atoms with Gasteiger partial charge in [0.2, 0.25) is 0 Å². The Bertz CT molecular complexity index is 948. The molecule has 3 aromatic rings. The quantitative estimate of drug-likeness (QED) is 0.627. The third-order valence-corrected chi connectivity index (χ3v) is 4.16. The third-order valence-electron chi connectivity index (χ3n) is 3.92. The second-order valence-electron chi connectivity index (χ2n) is 5.48. The number of amides is 1. The van der Waals surface area contributed by atoms with Gasteiger partial charge in [-0.1, -0.05) is 11.6 Å². The molecule has 0 saturated heterocycles. The predicted molar refractivity (Wildman–Crippen MR) is 94.7 cm³/mol. The maximum Gasteiger partial charge on any atom is 0.268 e. The number of hydrazone groups is 1. The number of pyridine rings is 1. The summed E-state index contributed by atoms with van der Waals surface area (Å²) in [5, 5.41) is 8.92. The second-order valence-corrected chi connectivity index (χ2v) is 5.91. The Morgan fingerprint density at radius 1 is 1.21 bits per heavy atom. The van der Waals surface area contributed by atoms with Crippen LogP contribution in [0.5, 0.6) is 0 Å². The average molecular weight is 340 g/mol. The van der Waals surface area contributed by atoms with Crippen molar-refractivity contribution in [2.45, 2.75) is 6.42 Å². The Kier molecular flexibility index (Phi) is 3.66. The molecule has 1 amide bonds. The Morgan fingerprint density at radius 2 is 2.04 bits per heavy atom. The monoisotopic (exact) mass is 339 g/mol. The molecule has 0 unspecified atom stereocenters. The van der Waals surface area contributed by atoms with Gasteiger partial charge in [-0.3, -0.25) is 15.2 Å². The summed E-state index contributed by atoms with van der Waals surface area (Å²) in [5.74, 6) is -0.133. The highest BCUT2D eigenvalue weighted by Crippen LogP contribution is 2.28. The molecule has 120 valence electrons. The highest BCUT2D eigenvalue weighted by molar-refractivity contribution is 6.32. The van der Waals surface area contributed by atoms with Crippen LogP contribution in [-0.2, 0) is 0 Å². The molecule has 0 spiro atoms. The van der Waals surface area contributed by atoms with Gasteiger partial charge in [0.25, 0.3) is 5.91 Å². The number of rotatable bonds is 2. The fourth-order valence-electron chi connectivity index (χ4n) is 2.81. The molecule has 0 atom stereocenters. The number of nitrogens with zero attached hydrogens (tertiary/aromatic N) is 2. The van der Waals surface area contributed by atoms with Gasteiger partial charge in [0, 0.05) is 46.8 Å². The number of hydrogen-bond acceptors (Lipinski definition) is 4. The van der Waals surface area contributed by atoms with E-state index in [1.807, 2.05) is 24.3 Å². The van der Waals surface area contributed by atoms with Crippen LogP contribution < -0.4 is 10.7 Å². The van der Waals surface area contributed by atoms with Crippen LogP contribution in [-0.4, -0.2) is 28.1 Å². The first-order chi connectivity index (χ1) is 11.7. The van der Waals surface area contributed by atoms with Crippen molar-refractivity contribution in [3.63, 3.8) is 0 Å². The molecular formula is C17H14ClN5O. The summed E-state index contributed by atoms with van der Waals surface area (Å²) in [6.07, 6.45) is 4.01. The van der Waals surface area contributed by atoms with E-state index in [2.05, 4.69) is 25.8 Å². The molecule has 3 heterocycles. The molecule has 1 aromatic carbocycles. The number of aromatic amines is 1. The first-order valence-electron chi connectivity index (χ1n) is 7.55. The van der Waals surface area contributed by atoms with E-state index in [0.29, 0.717) is 23.7 Å². The van der Waals surface area contributed by atoms with E-state index < -0.39 is 0 Å². The summed E-state index contributed by atoms with van der Waals surface area (Å²) in [5.41, 5.74) is 6.83. The first-order valence-corrected chi connectivity index (χ1v) is 7.92. The SMILES string of the molecule is O=C1NCC/C(=N/Nc2ccncc2)c2c1[nH]c1ccc(Cl)cc21. The summed E-state index contributed by atoms with van der Waals surface area (Å²) in [4.78, 5) is 19.5. The zero-order valence-electron chi connectivity index (χ0n) is 12.6. The Labute approximate surface area is 142 Å². The van der Waals surface area contributed by atoms with E-state index in [1.54, 1.807) is 18.5 Å². The van der Waals surface area contributed by atoms with Gasteiger partial charge in [-0.05, 0) is 30.3 Å². The summed E-state index contributed by atoms with van der Waals surface area (Å²) in [7, 11) is 0. The van der Waals surface area contributed by atoms with E-state index in [9.17, 15) is 4.79 Å². The molecule has 0 fully saturated rings. The van der Waals surface area contributed by atoms with Gasteiger partial charge in [-0.15, -0.1) is 0 Å². The molecule has 7 heteroatoms. The van der Waals surface area contributed by atoms with E-state index in [1.165, 1.54) is 0 Å². The number of H-pyrrole nitrogens is 1. The number of carbonyl (C=O) groups is 1. The molecule has 2 aromatic heterocycles. The van der Waals surface area contributed by atoms with Gasteiger partial charge in [-0.2, -0.15) is 5.10 Å². The molecule has 0 radical (unpaired) electrons. The molecule has 0 aliphatic carbocycles. The topological polar surface area (TPSA) is 82.2 Å². The highest BCUT2D eigenvalue weighted by atomic mass is 35.5. The van der Waals surface area contributed by atoms with E-state index in [4.69, 9.17) is 11.6 Å². The molecule has 0 bridgehead atoms. The van der Waals surface area contributed by atoms with Crippen molar-refractivity contribution in [2.24, 2.45) is 5.10 Å². The number of hydrogen-bond donors (Lipinski definition) is 3. The van der Waals surface area contributed by atoms with Gasteiger partial charge in [0.05, 0.1) is 11.4 Å². The lowest BCUT2D eigenvalue weighted by Crippen LogP contribution is -2.23. The molecule has 24 heavy (non-hydrogen) atoms. The molecule has 1 aliphatic heterocycles. The normalized spacial score (nSPS) is 15.9. The minimum atomic E-state index is -0.133.